The van der Waals surface area contributed by atoms with Crippen LogP contribution in [0.4, 0.5) is 5.69 Å². The van der Waals surface area contributed by atoms with Crippen molar-refractivity contribution in [2.45, 2.75) is 9.79 Å². The van der Waals surface area contributed by atoms with Gasteiger partial charge in [0.1, 0.15) is 9.79 Å². The fourth-order valence-corrected chi connectivity index (χ4v) is 2.96. The van der Waals surface area contributed by atoms with Crippen LogP contribution in [-0.4, -0.2) is 37.0 Å². The molecule has 5 N–H and O–H groups in total. The van der Waals surface area contributed by atoms with Crippen LogP contribution in [0, 0.1) is 0 Å². The quantitative estimate of drug-likeness (QED) is 0.422. The summed E-state index contributed by atoms with van der Waals surface area (Å²) in [5.41, 5.74) is 3.89. The van der Waals surface area contributed by atoms with E-state index in [1.54, 1.807) is 0 Å². The molecule has 1 aromatic carbocycles. The third-order valence-corrected chi connectivity index (χ3v) is 3.82. The molecule has 0 saturated heterocycles. The first-order chi connectivity index (χ1) is 7.94. The molecule has 0 unspecified atom stereocenters. The summed E-state index contributed by atoms with van der Waals surface area (Å²) in [5, 5.41) is 8.68. The smallest absolute Gasteiger partial charge is 0.337 e. The Morgan fingerprint density at radius 3 is 1.72 bits per heavy atom. The van der Waals surface area contributed by atoms with Crippen LogP contribution in [0.5, 0.6) is 0 Å². The largest absolute Gasteiger partial charge is 0.478 e. The van der Waals surface area contributed by atoms with E-state index in [0.29, 0.717) is 12.1 Å². The molecule has 1 rings (SSSR count). The van der Waals surface area contributed by atoms with Crippen molar-refractivity contribution in [1.82, 2.24) is 0 Å². The number of nitrogens with two attached hydrogens (primary N) is 1. The molecule has 0 radical (unpaired) electrons. The Hall–Kier alpha value is -1.69. The molecule has 0 amide bonds. The number of carbonyl (C=O) groups is 1. The lowest BCUT2D eigenvalue weighted by Crippen LogP contribution is -2.12. The van der Waals surface area contributed by atoms with E-state index in [4.69, 9.17) is 19.9 Å². The fraction of sp³-hybridized carbons (Fsp3) is 0. The second-order valence-corrected chi connectivity index (χ2v) is 5.92. The van der Waals surface area contributed by atoms with Gasteiger partial charge in [0.2, 0.25) is 0 Å². The highest BCUT2D eigenvalue weighted by atomic mass is 32.2. The predicted octanol–water partition coefficient (Wildman–Crippen LogP) is -0.540. The molecule has 0 atom stereocenters. The molecule has 100 valence electrons. The van der Waals surface area contributed by atoms with E-state index in [1.807, 2.05) is 0 Å². The number of hydrogen-bond donors (Lipinski definition) is 4. The Labute approximate surface area is 101 Å². The average molecular weight is 297 g/mol. The minimum absolute atomic E-state index is 0.343. The Balaban J connectivity index is 3.87. The molecule has 0 bridgehead atoms. The zero-order valence-corrected chi connectivity index (χ0v) is 10.1. The Morgan fingerprint density at radius 2 is 1.39 bits per heavy atom. The monoisotopic (exact) mass is 297 g/mol. The van der Waals surface area contributed by atoms with E-state index in [9.17, 15) is 21.6 Å². The molecule has 0 spiro atoms. The number of anilines is 1. The van der Waals surface area contributed by atoms with Crippen molar-refractivity contribution in [3.63, 3.8) is 0 Å². The van der Waals surface area contributed by atoms with E-state index in [0.717, 1.165) is 0 Å². The second kappa shape index (κ2) is 4.20. The van der Waals surface area contributed by atoms with Gasteiger partial charge in [0.25, 0.3) is 20.2 Å². The molecule has 0 heterocycles. The summed E-state index contributed by atoms with van der Waals surface area (Å²) in [6.07, 6.45) is 0. The van der Waals surface area contributed by atoms with Crippen LogP contribution in [0.3, 0.4) is 0 Å². The molecular formula is C7H7NO8S2. The van der Waals surface area contributed by atoms with Crippen LogP contribution in [0.2, 0.25) is 0 Å². The number of benzene rings is 1. The topological polar surface area (TPSA) is 172 Å². The number of carboxylic acid groups (broad SMARTS) is 1. The summed E-state index contributed by atoms with van der Waals surface area (Å²) in [6, 6.07) is 0.776. The number of hydrogen-bond acceptors (Lipinski definition) is 6. The van der Waals surface area contributed by atoms with Gasteiger partial charge in [-0.1, -0.05) is 0 Å². The fourth-order valence-electron chi connectivity index (χ4n) is 1.16. The average Bonchev–Trinajstić information content (AvgIpc) is 2.13. The lowest BCUT2D eigenvalue weighted by atomic mass is 10.2. The van der Waals surface area contributed by atoms with Crippen molar-refractivity contribution in [2.24, 2.45) is 0 Å². The minimum Gasteiger partial charge on any atom is -0.478 e. The molecule has 0 saturated carbocycles. The van der Waals surface area contributed by atoms with Gasteiger partial charge in [-0.25, -0.2) is 4.79 Å². The van der Waals surface area contributed by atoms with Gasteiger partial charge >= 0.3 is 5.97 Å². The van der Waals surface area contributed by atoms with E-state index in [1.165, 1.54) is 0 Å². The summed E-state index contributed by atoms with van der Waals surface area (Å²) in [4.78, 5) is 8.23. The van der Waals surface area contributed by atoms with Crippen LogP contribution in [0.1, 0.15) is 10.4 Å². The lowest BCUT2D eigenvalue weighted by molar-refractivity contribution is 0.0697. The van der Waals surface area contributed by atoms with Gasteiger partial charge < -0.3 is 10.8 Å². The third-order valence-electron chi connectivity index (χ3n) is 1.90. The molecule has 11 heteroatoms. The maximum atomic E-state index is 10.9. The van der Waals surface area contributed by atoms with Crippen LogP contribution in [0.25, 0.3) is 0 Å². The van der Waals surface area contributed by atoms with Crippen LogP contribution in [-0.2, 0) is 20.2 Å². The van der Waals surface area contributed by atoms with Crippen molar-refractivity contribution in [2.75, 3.05) is 5.73 Å². The SMILES string of the molecule is Nc1cc(S(=O)(=O)O)c(S(=O)(=O)O)cc1C(=O)O. The van der Waals surface area contributed by atoms with Gasteiger partial charge in [-0.15, -0.1) is 0 Å². The molecule has 1 aromatic rings. The number of aromatic carboxylic acids is 1. The molecule has 18 heavy (non-hydrogen) atoms. The van der Waals surface area contributed by atoms with Crippen LogP contribution < -0.4 is 5.73 Å². The standard InChI is InChI=1S/C7H7NO8S2/c8-4-2-6(18(14,15)16)5(17(11,12)13)1-3(4)7(9)10/h1-2H,8H2,(H,9,10)(H,11,12,13)(H,14,15,16). The predicted molar refractivity (Wildman–Crippen MR) is 57.4 cm³/mol. The highest BCUT2D eigenvalue weighted by Crippen LogP contribution is 2.26. The van der Waals surface area contributed by atoms with E-state index < -0.39 is 47.2 Å². The highest BCUT2D eigenvalue weighted by Gasteiger charge is 2.27. The molecule has 0 aliphatic carbocycles. The molecule has 0 aromatic heterocycles. The Bertz CT molecular complexity index is 718. The van der Waals surface area contributed by atoms with Crippen molar-refractivity contribution >= 4 is 31.9 Å². The molecule has 9 nitrogen and oxygen atoms in total. The lowest BCUT2D eigenvalue weighted by Gasteiger charge is -2.08. The van der Waals surface area contributed by atoms with Gasteiger partial charge in [0, 0.05) is 5.69 Å². The van der Waals surface area contributed by atoms with Gasteiger partial charge in [-0.2, -0.15) is 16.8 Å². The van der Waals surface area contributed by atoms with Crippen molar-refractivity contribution in [1.29, 1.82) is 0 Å². The normalized spacial score (nSPS) is 12.3. The third kappa shape index (κ3) is 2.76. The molecule has 0 aliphatic rings. The molecule has 0 aliphatic heterocycles. The molecule has 0 fully saturated rings. The van der Waals surface area contributed by atoms with Crippen molar-refractivity contribution in [3.05, 3.63) is 17.7 Å². The number of carboxylic acids is 1. The summed E-state index contributed by atoms with van der Waals surface area (Å²) in [6.45, 7) is 0. The first-order valence-electron chi connectivity index (χ1n) is 4.06. The zero-order valence-electron chi connectivity index (χ0n) is 8.43. The second-order valence-electron chi connectivity index (χ2n) is 3.14. The van der Waals surface area contributed by atoms with Crippen molar-refractivity contribution < 1.29 is 35.8 Å². The maximum Gasteiger partial charge on any atom is 0.337 e. The summed E-state index contributed by atoms with van der Waals surface area (Å²) in [7, 11) is -10.0. The van der Waals surface area contributed by atoms with Crippen molar-refractivity contribution in [3.8, 4) is 0 Å². The van der Waals surface area contributed by atoms with Gasteiger partial charge in [-0.3, -0.25) is 9.11 Å². The minimum atomic E-state index is -5.05. The van der Waals surface area contributed by atoms with Gasteiger partial charge in [-0.05, 0) is 12.1 Å². The first-order valence-corrected chi connectivity index (χ1v) is 6.94. The summed E-state index contributed by atoms with van der Waals surface area (Å²) in [5.74, 6) is -1.63. The Kier molecular flexibility index (Phi) is 3.36. The van der Waals surface area contributed by atoms with Crippen LogP contribution in [0.15, 0.2) is 21.9 Å². The van der Waals surface area contributed by atoms with Gasteiger partial charge in [0.05, 0.1) is 5.56 Å². The van der Waals surface area contributed by atoms with E-state index in [-0.39, 0.29) is 0 Å². The zero-order chi connectivity index (χ0) is 14.3. The maximum absolute atomic E-state index is 10.9. The van der Waals surface area contributed by atoms with Crippen LogP contribution >= 0.6 is 0 Å². The Morgan fingerprint density at radius 1 is 1.00 bits per heavy atom. The number of nitrogen functional groups attached to an aromatic ring is 1. The molecular weight excluding hydrogens is 290 g/mol. The summed E-state index contributed by atoms with van der Waals surface area (Å²) < 4.78 is 61.3. The van der Waals surface area contributed by atoms with E-state index in [2.05, 4.69) is 0 Å². The summed E-state index contributed by atoms with van der Waals surface area (Å²) >= 11 is 0. The first kappa shape index (κ1) is 14.4. The van der Waals surface area contributed by atoms with Gasteiger partial charge in [0.15, 0.2) is 0 Å². The van der Waals surface area contributed by atoms with E-state index >= 15 is 0 Å². The number of rotatable bonds is 3. The highest BCUT2D eigenvalue weighted by molar-refractivity contribution is 7.89.